The first kappa shape index (κ1) is 22.4. The summed E-state index contributed by atoms with van der Waals surface area (Å²) >= 11 is 0. The third-order valence-electron chi connectivity index (χ3n) is 5.40. The highest BCUT2D eigenvalue weighted by molar-refractivity contribution is 6.74. The number of hydrogen-bond acceptors (Lipinski definition) is 3. The van der Waals surface area contributed by atoms with Gasteiger partial charge in [-0.3, -0.25) is 5.01 Å². The van der Waals surface area contributed by atoms with Gasteiger partial charge in [-0.15, -0.1) is 0 Å². The van der Waals surface area contributed by atoms with Crippen LogP contribution in [-0.4, -0.2) is 25.6 Å². The number of hydrazone groups is 1. The summed E-state index contributed by atoms with van der Waals surface area (Å²) in [4.78, 5) is 0. The zero-order valence-corrected chi connectivity index (χ0v) is 19.4. The minimum Gasteiger partial charge on any atom is -0.414 e. The lowest BCUT2D eigenvalue weighted by molar-refractivity contribution is 0.205. The van der Waals surface area contributed by atoms with Crippen LogP contribution in [0.15, 0.2) is 65.8 Å². The van der Waals surface area contributed by atoms with Gasteiger partial charge in [0.1, 0.15) is 0 Å². The Kier molecular flexibility index (Phi) is 8.02. The molecule has 28 heavy (non-hydrogen) atoms. The van der Waals surface area contributed by atoms with E-state index >= 15 is 0 Å². The van der Waals surface area contributed by atoms with E-state index in [9.17, 15) is 0 Å². The fraction of sp³-hybridized carbons (Fsp3) is 0.458. The van der Waals surface area contributed by atoms with Crippen molar-refractivity contribution in [3.63, 3.8) is 0 Å². The summed E-state index contributed by atoms with van der Waals surface area (Å²) < 4.78 is 6.45. The lowest BCUT2D eigenvalue weighted by Gasteiger charge is -2.38. The fourth-order valence-corrected chi connectivity index (χ4v) is 4.22. The maximum atomic E-state index is 6.45. The quantitative estimate of drug-likeness (QED) is 0.275. The van der Waals surface area contributed by atoms with Crippen LogP contribution in [0.3, 0.4) is 0 Å². The molecule has 0 bridgehead atoms. The van der Waals surface area contributed by atoms with Crippen molar-refractivity contribution < 1.29 is 4.43 Å². The molecule has 0 amide bonds. The normalized spacial score (nSPS) is 13.6. The smallest absolute Gasteiger partial charge is 0.192 e. The predicted molar refractivity (Wildman–Crippen MR) is 123 cm³/mol. The van der Waals surface area contributed by atoms with Gasteiger partial charge in [0.2, 0.25) is 0 Å². The Morgan fingerprint density at radius 3 is 1.82 bits per heavy atom. The Morgan fingerprint density at radius 2 is 1.39 bits per heavy atom. The van der Waals surface area contributed by atoms with Gasteiger partial charge in [0, 0.05) is 18.7 Å². The first-order valence-electron chi connectivity index (χ1n) is 10.2. The lowest BCUT2D eigenvalue weighted by atomic mass is 10.2. The van der Waals surface area contributed by atoms with E-state index in [-0.39, 0.29) is 11.1 Å². The van der Waals surface area contributed by atoms with E-state index in [1.54, 1.807) is 0 Å². The van der Waals surface area contributed by atoms with Crippen LogP contribution in [0.1, 0.15) is 45.2 Å². The van der Waals surface area contributed by atoms with Crippen molar-refractivity contribution in [1.82, 2.24) is 5.01 Å². The maximum Gasteiger partial charge on any atom is 0.192 e. The fourth-order valence-electron chi connectivity index (χ4n) is 2.76. The summed E-state index contributed by atoms with van der Waals surface area (Å²) in [6.07, 6.45) is 3.02. The molecule has 0 aliphatic carbocycles. The van der Waals surface area contributed by atoms with E-state index in [0.29, 0.717) is 0 Å². The molecule has 2 aromatic rings. The Hall–Kier alpha value is -1.91. The molecular weight excluding hydrogens is 360 g/mol. The number of benzene rings is 2. The molecule has 0 heterocycles. The Morgan fingerprint density at radius 1 is 0.929 bits per heavy atom. The molecule has 152 valence electrons. The molecule has 0 aliphatic rings. The highest BCUT2D eigenvalue weighted by atomic mass is 28.4. The van der Waals surface area contributed by atoms with E-state index in [4.69, 9.17) is 9.53 Å². The van der Waals surface area contributed by atoms with Gasteiger partial charge in [-0.25, -0.2) is 0 Å². The van der Waals surface area contributed by atoms with Gasteiger partial charge < -0.3 is 4.43 Å². The third-order valence-corrected chi connectivity index (χ3v) is 10.0. The van der Waals surface area contributed by atoms with Crippen LogP contribution in [0.2, 0.25) is 18.1 Å². The minimum absolute atomic E-state index is 0.181. The molecule has 0 saturated carbocycles. The first-order chi connectivity index (χ1) is 13.2. The van der Waals surface area contributed by atoms with Crippen LogP contribution in [0.5, 0.6) is 0 Å². The zero-order valence-electron chi connectivity index (χ0n) is 18.4. The van der Waals surface area contributed by atoms with Crippen LogP contribution >= 0.6 is 0 Å². The van der Waals surface area contributed by atoms with Gasteiger partial charge in [-0.1, -0.05) is 81.4 Å². The summed E-state index contributed by atoms with van der Waals surface area (Å²) in [5.41, 5.74) is 2.53. The van der Waals surface area contributed by atoms with Gasteiger partial charge in [0.05, 0.1) is 13.1 Å². The summed E-state index contributed by atoms with van der Waals surface area (Å²) in [5.74, 6) is 0. The average Bonchev–Trinajstić information content (AvgIpc) is 2.62. The first-order valence-corrected chi connectivity index (χ1v) is 13.1. The maximum absolute atomic E-state index is 6.45. The topological polar surface area (TPSA) is 24.8 Å². The van der Waals surface area contributed by atoms with Crippen LogP contribution in [0, 0.1) is 0 Å². The number of rotatable bonds is 9. The Balaban J connectivity index is 2.00. The van der Waals surface area contributed by atoms with Crippen molar-refractivity contribution in [2.45, 2.75) is 71.4 Å². The molecule has 0 spiro atoms. The summed E-state index contributed by atoms with van der Waals surface area (Å²) in [6, 6.07) is 21.0. The predicted octanol–water partition coefficient (Wildman–Crippen LogP) is 6.48. The molecule has 0 saturated heterocycles. The highest BCUT2D eigenvalue weighted by Crippen LogP contribution is 2.37. The van der Waals surface area contributed by atoms with Crippen molar-refractivity contribution in [1.29, 1.82) is 0 Å². The third kappa shape index (κ3) is 7.25. The molecule has 0 aliphatic heterocycles. The van der Waals surface area contributed by atoms with E-state index < -0.39 is 8.32 Å². The standard InChI is InChI=1S/C24H36N2OSi/c1-21(27-28(5,6)24(2,3)4)17-18-25-26(19-22-13-9-7-10-14-22)20-23-15-11-8-12-16-23/h7-16,18,21H,17,19-20H2,1-6H3/b25-18+/t21-/m1/s1. The SMILES string of the molecule is C[C@H](C/C=N/N(Cc1ccccc1)Cc1ccccc1)O[Si](C)(C)C(C)(C)C. The number of nitrogens with zero attached hydrogens (tertiary/aromatic N) is 2. The Bertz CT molecular complexity index is 682. The van der Waals surface area contributed by atoms with Gasteiger partial charge in [-0.05, 0) is 36.2 Å². The van der Waals surface area contributed by atoms with Gasteiger partial charge in [0.15, 0.2) is 8.32 Å². The summed E-state index contributed by atoms with van der Waals surface area (Å²) in [7, 11) is -1.74. The second-order valence-electron chi connectivity index (χ2n) is 9.02. The van der Waals surface area contributed by atoms with Crippen molar-refractivity contribution in [3.8, 4) is 0 Å². The van der Waals surface area contributed by atoms with E-state index in [1.165, 1.54) is 11.1 Å². The minimum atomic E-state index is -1.74. The van der Waals surface area contributed by atoms with Crippen molar-refractivity contribution in [2.75, 3.05) is 0 Å². The second kappa shape index (κ2) is 10.0. The molecule has 2 rings (SSSR count). The van der Waals surface area contributed by atoms with Crippen LogP contribution < -0.4 is 0 Å². The van der Waals surface area contributed by atoms with Crippen LogP contribution in [0.25, 0.3) is 0 Å². The lowest BCUT2D eigenvalue weighted by Crippen LogP contribution is -2.43. The van der Waals surface area contributed by atoms with E-state index in [1.807, 2.05) is 18.3 Å². The molecule has 3 nitrogen and oxygen atoms in total. The van der Waals surface area contributed by atoms with Crippen LogP contribution in [-0.2, 0) is 17.5 Å². The Labute approximate surface area is 172 Å². The molecule has 0 N–H and O–H groups in total. The molecule has 0 aromatic heterocycles. The molecule has 1 atom stereocenters. The van der Waals surface area contributed by atoms with Crippen molar-refractivity contribution in [3.05, 3.63) is 71.8 Å². The van der Waals surface area contributed by atoms with Gasteiger partial charge >= 0.3 is 0 Å². The zero-order chi connectivity index (χ0) is 20.6. The largest absolute Gasteiger partial charge is 0.414 e. The molecule has 2 aromatic carbocycles. The molecule has 0 unspecified atom stereocenters. The van der Waals surface area contributed by atoms with E-state index in [2.05, 4.69) is 94.3 Å². The van der Waals surface area contributed by atoms with Gasteiger partial charge in [-0.2, -0.15) is 5.10 Å². The monoisotopic (exact) mass is 396 g/mol. The van der Waals surface area contributed by atoms with Crippen LogP contribution in [0.4, 0.5) is 0 Å². The average molecular weight is 397 g/mol. The number of hydrogen-bond donors (Lipinski definition) is 0. The highest BCUT2D eigenvalue weighted by Gasteiger charge is 2.38. The molecule has 4 heteroatoms. The van der Waals surface area contributed by atoms with E-state index in [0.717, 1.165) is 19.5 Å². The summed E-state index contributed by atoms with van der Waals surface area (Å²) in [6.45, 7) is 15.2. The van der Waals surface area contributed by atoms with Crippen molar-refractivity contribution in [2.24, 2.45) is 5.10 Å². The molecule has 0 radical (unpaired) electrons. The second-order valence-corrected chi connectivity index (χ2v) is 13.8. The molecule has 0 fully saturated rings. The summed E-state index contributed by atoms with van der Waals surface area (Å²) in [5, 5.41) is 7.15. The van der Waals surface area contributed by atoms with Crippen molar-refractivity contribution >= 4 is 14.5 Å². The molecular formula is C24H36N2OSi. The van der Waals surface area contributed by atoms with Gasteiger partial charge in [0.25, 0.3) is 0 Å².